The molecule has 0 amide bonds. The standard InChI is InChI=1S/C15H19FO4/c1-14(2,16)9-7-12(20-4)10(8-11(9)19-3)15(5-6-15)13(17)18/h7-8H,5-6H2,1-4H3,(H,17,18). The fraction of sp³-hybridized carbons (Fsp3) is 0.533. The number of carboxylic acids is 1. The molecule has 1 aromatic carbocycles. The number of halogens is 1. The summed E-state index contributed by atoms with van der Waals surface area (Å²) in [5.74, 6) is -0.141. The Hall–Kier alpha value is -1.78. The number of hydrogen-bond acceptors (Lipinski definition) is 3. The molecule has 0 saturated heterocycles. The monoisotopic (exact) mass is 282 g/mol. The predicted molar refractivity (Wildman–Crippen MR) is 72.2 cm³/mol. The summed E-state index contributed by atoms with van der Waals surface area (Å²) in [7, 11) is 2.90. The zero-order valence-corrected chi connectivity index (χ0v) is 12.1. The lowest BCUT2D eigenvalue weighted by Crippen LogP contribution is -2.21. The number of ether oxygens (including phenoxy) is 2. The number of hydrogen-bond donors (Lipinski definition) is 1. The van der Waals surface area contributed by atoms with Crippen LogP contribution in [0.15, 0.2) is 12.1 Å². The molecule has 2 rings (SSSR count). The molecule has 1 aromatic rings. The maximum atomic E-state index is 14.2. The second-order valence-corrected chi connectivity index (χ2v) is 5.61. The average Bonchev–Trinajstić information content (AvgIpc) is 3.17. The van der Waals surface area contributed by atoms with Crippen LogP contribution in [0.25, 0.3) is 0 Å². The van der Waals surface area contributed by atoms with Gasteiger partial charge in [0, 0.05) is 11.1 Å². The second kappa shape index (κ2) is 4.65. The van der Waals surface area contributed by atoms with Crippen molar-refractivity contribution in [2.45, 2.75) is 37.8 Å². The van der Waals surface area contributed by atoms with Gasteiger partial charge in [0.25, 0.3) is 0 Å². The van der Waals surface area contributed by atoms with Gasteiger partial charge in [-0.05, 0) is 38.8 Å². The largest absolute Gasteiger partial charge is 0.496 e. The predicted octanol–water partition coefficient (Wildman–Crippen LogP) is 3.02. The average molecular weight is 282 g/mol. The van der Waals surface area contributed by atoms with E-state index in [1.807, 2.05) is 0 Å². The minimum absolute atomic E-state index is 0.348. The maximum Gasteiger partial charge on any atom is 0.314 e. The van der Waals surface area contributed by atoms with E-state index in [4.69, 9.17) is 9.47 Å². The number of methoxy groups -OCH3 is 2. The normalized spacial score (nSPS) is 16.6. The molecule has 0 unspecified atom stereocenters. The molecule has 4 nitrogen and oxygen atoms in total. The van der Waals surface area contributed by atoms with E-state index in [2.05, 4.69) is 0 Å². The van der Waals surface area contributed by atoms with E-state index in [9.17, 15) is 14.3 Å². The van der Waals surface area contributed by atoms with E-state index in [0.717, 1.165) is 0 Å². The summed E-state index contributed by atoms with van der Waals surface area (Å²) in [6.45, 7) is 2.85. The Morgan fingerprint density at radius 3 is 2.15 bits per heavy atom. The highest BCUT2D eigenvalue weighted by molar-refractivity contribution is 5.86. The third kappa shape index (κ3) is 2.21. The van der Waals surface area contributed by atoms with Crippen LogP contribution in [0.3, 0.4) is 0 Å². The zero-order valence-electron chi connectivity index (χ0n) is 12.1. The van der Waals surface area contributed by atoms with E-state index >= 15 is 0 Å². The molecular weight excluding hydrogens is 263 g/mol. The van der Waals surface area contributed by atoms with E-state index < -0.39 is 17.1 Å². The summed E-state index contributed by atoms with van der Waals surface area (Å²) >= 11 is 0. The first-order valence-electron chi connectivity index (χ1n) is 6.45. The fourth-order valence-electron chi connectivity index (χ4n) is 2.46. The quantitative estimate of drug-likeness (QED) is 0.902. The van der Waals surface area contributed by atoms with Gasteiger partial charge in [0.2, 0.25) is 0 Å². The number of aliphatic carboxylic acids is 1. The van der Waals surface area contributed by atoms with Crippen molar-refractivity contribution in [2.75, 3.05) is 14.2 Å². The molecule has 0 bridgehead atoms. The third-order valence-electron chi connectivity index (χ3n) is 3.84. The van der Waals surface area contributed by atoms with E-state index in [-0.39, 0.29) is 0 Å². The zero-order chi connectivity index (χ0) is 15.1. The Bertz CT molecular complexity index is 542. The Labute approximate surface area is 117 Å². The van der Waals surface area contributed by atoms with Gasteiger partial charge in [-0.15, -0.1) is 0 Å². The summed E-state index contributed by atoms with van der Waals surface area (Å²) < 4.78 is 24.7. The molecular formula is C15H19FO4. The van der Waals surface area contributed by atoms with Crippen LogP contribution < -0.4 is 9.47 Å². The molecule has 0 atom stereocenters. The molecule has 1 aliphatic carbocycles. The molecule has 0 spiro atoms. The maximum absolute atomic E-state index is 14.2. The van der Waals surface area contributed by atoms with Gasteiger partial charge in [-0.1, -0.05) is 0 Å². The number of alkyl halides is 1. The van der Waals surface area contributed by atoms with Crippen LogP contribution in [0.1, 0.15) is 37.8 Å². The third-order valence-corrected chi connectivity index (χ3v) is 3.84. The Morgan fingerprint density at radius 2 is 1.80 bits per heavy atom. The van der Waals surface area contributed by atoms with E-state index in [0.29, 0.717) is 35.5 Å². The Kier molecular flexibility index (Phi) is 3.40. The van der Waals surface area contributed by atoms with Crippen LogP contribution in [0.5, 0.6) is 11.5 Å². The van der Waals surface area contributed by atoms with Crippen molar-refractivity contribution >= 4 is 5.97 Å². The topological polar surface area (TPSA) is 55.8 Å². The molecule has 1 fully saturated rings. The number of rotatable bonds is 5. The van der Waals surface area contributed by atoms with Gasteiger partial charge in [-0.3, -0.25) is 4.79 Å². The van der Waals surface area contributed by atoms with Crippen molar-refractivity contribution < 1.29 is 23.8 Å². The molecule has 20 heavy (non-hydrogen) atoms. The second-order valence-electron chi connectivity index (χ2n) is 5.61. The van der Waals surface area contributed by atoms with Crippen molar-refractivity contribution in [3.63, 3.8) is 0 Å². The fourth-order valence-corrected chi connectivity index (χ4v) is 2.46. The van der Waals surface area contributed by atoms with Gasteiger partial charge in [0.1, 0.15) is 17.2 Å². The summed E-state index contributed by atoms with van der Waals surface area (Å²) in [5.41, 5.74) is -1.62. The first-order chi connectivity index (χ1) is 9.26. The van der Waals surface area contributed by atoms with Crippen LogP contribution in [-0.4, -0.2) is 25.3 Å². The Balaban J connectivity index is 2.63. The summed E-state index contributed by atoms with van der Waals surface area (Å²) in [6.07, 6.45) is 1.11. The van der Waals surface area contributed by atoms with Crippen LogP contribution in [0, 0.1) is 0 Å². The van der Waals surface area contributed by atoms with Crippen molar-refractivity contribution in [3.05, 3.63) is 23.3 Å². The van der Waals surface area contributed by atoms with Crippen LogP contribution in [0.4, 0.5) is 4.39 Å². The van der Waals surface area contributed by atoms with Crippen LogP contribution in [0.2, 0.25) is 0 Å². The van der Waals surface area contributed by atoms with E-state index in [1.54, 1.807) is 6.07 Å². The van der Waals surface area contributed by atoms with Crippen molar-refractivity contribution in [1.29, 1.82) is 0 Å². The molecule has 0 heterocycles. The van der Waals surface area contributed by atoms with Crippen molar-refractivity contribution in [3.8, 4) is 11.5 Å². The van der Waals surface area contributed by atoms with E-state index in [1.165, 1.54) is 34.1 Å². The molecule has 1 N–H and O–H groups in total. The lowest BCUT2D eigenvalue weighted by Gasteiger charge is -2.23. The van der Waals surface area contributed by atoms with Crippen molar-refractivity contribution in [2.24, 2.45) is 0 Å². The minimum atomic E-state index is -1.60. The summed E-state index contributed by atoms with van der Waals surface area (Å²) in [6, 6.07) is 3.13. The van der Waals surface area contributed by atoms with Crippen LogP contribution in [-0.2, 0) is 15.9 Å². The van der Waals surface area contributed by atoms with Gasteiger partial charge >= 0.3 is 5.97 Å². The molecule has 0 aliphatic heterocycles. The van der Waals surface area contributed by atoms with Gasteiger partial charge in [-0.25, -0.2) is 4.39 Å². The lowest BCUT2D eigenvalue weighted by molar-refractivity contribution is -0.140. The molecule has 110 valence electrons. The van der Waals surface area contributed by atoms with Crippen molar-refractivity contribution in [1.82, 2.24) is 0 Å². The van der Waals surface area contributed by atoms with Gasteiger partial charge in [-0.2, -0.15) is 0 Å². The first kappa shape index (κ1) is 14.6. The molecule has 0 aromatic heterocycles. The summed E-state index contributed by atoms with van der Waals surface area (Å²) in [5, 5.41) is 9.40. The Morgan fingerprint density at radius 1 is 1.25 bits per heavy atom. The highest BCUT2D eigenvalue weighted by Gasteiger charge is 2.54. The summed E-state index contributed by atoms with van der Waals surface area (Å²) in [4.78, 5) is 11.5. The van der Waals surface area contributed by atoms with Gasteiger partial charge in [0.05, 0.1) is 19.6 Å². The molecule has 1 aliphatic rings. The number of carbonyl (C=O) groups is 1. The SMILES string of the molecule is COc1cc(C2(C(=O)O)CC2)c(OC)cc1C(C)(C)F. The van der Waals surface area contributed by atoms with Gasteiger partial charge < -0.3 is 14.6 Å². The molecule has 1 saturated carbocycles. The lowest BCUT2D eigenvalue weighted by atomic mass is 9.90. The highest BCUT2D eigenvalue weighted by atomic mass is 19.1. The molecule has 0 radical (unpaired) electrons. The number of benzene rings is 1. The smallest absolute Gasteiger partial charge is 0.314 e. The molecule has 5 heteroatoms. The van der Waals surface area contributed by atoms with Crippen LogP contribution >= 0.6 is 0 Å². The van der Waals surface area contributed by atoms with Gasteiger partial charge in [0.15, 0.2) is 0 Å². The highest BCUT2D eigenvalue weighted by Crippen LogP contribution is 2.53. The minimum Gasteiger partial charge on any atom is -0.496 e. The first-order valence-corrected chi connectivity index (χ1v) is 6.45. The number of carboxylic acid groups (broad SMARTS) is 1.